The van der Waals surface area contributed by atoms with Gasteiger partial charge in [0.25, 0.3) is 10.0 Å². The molecule has 196 valence electrons. The average Bonchev–Trinajstić information content (AvgIpc) is 2.91. The van der Waals surface area contributed by atoms with Crippen LogP contribution >= 0.6 is 0 Å². The minimum Gasteiger partial charge on any atom is -0.497 e. The Morgan fingerprint density at radius 2 is 1.70 bits per heavy atom. The van der Waals surface area contributed by atoms with Crippen molar-refractivity contribution < 1.29 is 17.9 Å². The number of methoxy groups -OCH3 is 1. The lowest BCUT2D eigenvalue weighted by molar-refractivity contribution is -0.119. The number of nitrogens with zero attached hydrogens (tertiary/aromatic N) is 2. The Morgan fingerprint density at radius 1 is 1.03 bits per heavy atom. The first-order valence-corrected chi connectivity index (χ1v) is 14.0. The van der Waals surface area contributed by atoms with E-state index in [1.54, 1.807) is 55.6 Å². The Morgan fingerprint density at radius 3 is 2.32 bits per heavy atom. The number of amides is 1. The van der Waals surface area contributed by atoms with E-state index in [-0.39, 0.29) is 17.3 Å². The van der Waals surface area contributed by atoms with Gasteiger partial charge in [-0.3, -0.25) is 9.10 Å². The zero-order chi connectivity index (χ0) is 26.4. The molecule has 7 nitrogen and oxygen atoms in total. The molecular formula is C29H35N3O4S. The smallest absolute Gasteiger partial charge is 0.264 e. The van der Waals surface area contributed by atoms with Crippen molar-refractivity contribution >= 4 is 27.3 Å². The fourth-order valence-corrected chi connectivity index (χ4v) is 5.96. The standard InChI is InChI=1S/C29H35N3O4S/c1-22-6-16-28(17-7-22)37(34,35)32(26-12-14-27(36-3)15-13-26)21-29(33)30-19-24-8-10-25(11-9-24)31-18-4-5-23(2)20-31/h6-17,23H,4-5,18-21H2,1-3H3,(H,30,33). The van der Waals surface area contributed by atoms with E-state index in [1.165, 1.54) is 18.5 Å². The highest BCUT2D eigenvalue weighted by Crippen LogP contribution is 2.26. The summed E-state index contributed by atoms with van der Waals surface area (Å²) in [5.41, 5.74) is 3.49. The van der Waals surface area contributed by atoms with Crippen LogP contribution in [0.4, 0.5) is 11.4 Å². The van der Waals surface area contributed by atoms with Gasteiger partial charge in [-0.05, 0) is 79.8 Å². The molecule has 1 amide bonds. The Bertz CT molecular complexity index is 1290. The molecule has 1 heterocycles. The van der Waals surface area contributed by atoms with Crippen molar-refractivity contribution in [3.63, 3.8) is 0 Å². The summed E-state index contributed by atoms with van der Waals surface area (Å²) in [6.45, 7) is 6.28. The first-order chi connectivity index (χ1) is 17.8. The Kier molecular flexibility index (Phi) is 8.38. The van der Waals surface area contributed by atoms with E-state index in [1.807, 2.05) is 19.1 Å². The van der Waals surface area contributed by atoms with Crippen LogP contribution < -0.4 is 19.3 Å². The molecule has 1 fully saturated rings. The number of sulfonamides is 1. The minimum absolute atomic E-state index is 0.129. The van der Waals surface area contributed by atoms with E-state index in [0.717, 1.165) is 28.5 Å². The van der Waals surface area contributed by atoms with E-state index < -0.39 is 10.0 Å². The maximum atomic E-state index is 13.5. The largest absolute Gasteiger partial charge is 0.497 e. The fraction of sp³-hybridized carbons (Fsp3) is 0.345. The molecule has 1 atom stereocenters. The molecule has 0 aliphatic carbocycles. The number of rotatable bonds is 9. The Labute approximate surface area is 220 Å². The summed E-state index contributed by atoms with van der Waals surface area (Å²) in [5, 5.41) is 2.88. The van der Waals surface area contributed by atoms with Crippen molar-refractivity contribution in [3.05, 3.63) is 83.9 Å². The van der Waals surface area contributed by atoms with Gasteiger partial charge in [-0.15, -0.1) is 0 Å². The summed E-state index contributed by atoms with van der Waals surface area (Å²) in [4.78, 5) is 15.5. The number of carbonyl (C=O) groups is 1. The van der Waals surface area contributed by atoms with Gasteiger partial charge < -0.3 is 15.0 Å². The number of piperidine rings is 1. The van der Waals surface area contributed by atoms with Gasteiger partial charge in [-0.2, -0.15) is 0 Å². The average molecular weight is 522 g/mol. The van der Waals surface area contributed by atoms with Crippen molar-refractivity contribution in [2.45, 2.75) is 38.1 Å². The van der Waals surface area contributed by atoms with E-state index in [9.17, 15) is 13.2 Å². The van der Waals surface area contributed by atoms with Gasteiger partial charge in [-0.1, -0.05) is 36.8 Å². The molecule has 1 N–H and O–H groups in total. The van der Waals surface area contributed by atoms with Crippen LogP contribution in [0.15, 0.2) is 77.7 Å². The van der Waals surface area contributed by atoms with Crippen LogP contribution in [0.25, 0.3) is 0 Å². The maximum absolute atomic E-state index is 13.5. The topological polar surface area (TPSA) is 79.0 Å². The third kappa shape index (κ3) is 6.63. The zero-order valence-corrected chi connectivity index (χ0v) is 22.5. The number of carbonyl (C=O) groups excluding carboxylic acids is 1. The lowest BCUT2D eigenvalue weighted by atomic mass is 9.99. The van der Waals surface area contributed by atoms with E-state index >= 15 is 0 Å². The fourth-order valence-electron chi connectivity index (χ4n) is 4.54. The summed E-state index contributed by atoms with van der Waals surface area (Å²) in [6, 6.07) is 21.4. The van der Waals surface area contributed by atoms with Crippen LogP contribution in [-0.4, -0.2) is 41.1 Å². The number of ether oxygens (including phenoxy) is 1. The third-order valence-electron chi connectivity index (χ3n) is 6.70. The summed E-state index contributed by atoms with van der Waals surface area (Å²) >= 11 is 0. The molecule has 0 saturated carbocycles. The molecule has 3 aromatic rings. The van der Waals surface area contributed by atoms with Gasteiger partial charge in [0.05, 0.1) is 17.7 Å². The quantitative estimate of drug-likeness (QED) is 0.440. The minimum atomic E-state index is -3.96. The van der Waals surface area contributed by atoms with Crippen molar-refractivity contribution in [2.24, 2.45) is 5.92 Å². The molecule has 37 heavy (non-hydrogen) atoms. The first kappa shape index (κ1) is 26.5. The van der Waals surface area contributed by atoms with Crippen LogP contribution in [0.1, 0.15) is 30.9 Å². The number of benzene rings is 3. The van der Waals surface area contributed by atoms with E-state index in [0.29, 0.717) is 23.9 Å². The van der Waals surface area contributed by atoms with Crippen LogP contribution in [0.3, 0.4) is 0 Å². The highest BCUT2D eigenvalue weighted by atomic mass is 32.2. The number of hydrogen-bond donors (Lipinski definition) is 1. The molecule has 1 aliphatic rings. The van der Waals surface area contributed by atoms with Gasteiger partial charge in [-0.25, -0.2) is 8.42 Å². The molecule has 0 aromatic heterocycles. The lowest BCUT2D eigenvalue weighted by Crippen LogP contribution is -2.40. The van der Waals surface area contributed by atoms with Gasteiger partial charge in [0, 0.05) is 25.3 Å². The highest BCUT2D eigenvalue weighted by Gasteiger charge is 2.27. The molecule has 1 unspecified atom stereocenters. The number of nitrogens with one attached hydrogen (secondary N) is 1. The summed E-state index contributed by atoms with van der Waals surface area (Å²) < 4.78 is 33.4. The van der Waals surface area contributed by atoms with Crippen molar-refractivity contribution in [1.82, 2.24) is 5.32 Å². The van der Waals surface area contributed by atoms with E-state index in [4.69, 9.17) is 4.74 Å². The second kappa shape index (κ2) is 11.7. The van der Waals surface area contributed by atoms with Crippen molar-refractivity contribution in [3.8, 4) is 5.75 Å². The summed E-state index contributed by atoms with van der Waals surface area (Å²) in [7, 11) is -2.42. The Hall–Kier alpha value is -3.52. The SMILES string of the molecule is COc1ccc(N(CC(=O)NCc2ccc(N3CCCC(C)C3)cc2)S(=O)(=O)c2ccc(C)cc2)cc1. The first-order valence-electron chi connectivity index (χ1n) is 12.6. The van der Waals surface area contributed by atoms with Crippen LogP contribution in [-0.2, 0) is 21.4 Å². The Balaban J connectivity index is 1.46. The highest BCUT2D eigenvalue weighted by molar-refractivity contribution is 7.92. The molecule has 1 aliphatic heterocycles. The lowest BCUT2D eigenvalue weighted by Gasteiger charge is -2.32. The van der Waals surface area contributed by atoms with E-state index in [2.05, 4.69) is 29.3 Å². The van der Waals surface area contributed by atoms with Crippen molar-refractivity contribution in [2.75, 3.05) is 35.9 Å². The zero-order valence-electron chi connectivity index (χ0n) is 21.7. The van der Waals surface area contributed by atoms with Gasteiger partial charge >= 0.3 is 0 Å². The summed E-state index contributed by atoms with van der Waals surface area (Å²) in [6.07, 6.45) is 2.48. The van der Waals surface area contributed by atoms with Crippen LogP contribution in [0.5, 0.6) is 5.75 Å². The monoisotopic (exact) mass is 521 g/mol. The number of anilines is 2. The molecule has 3 aromatic carbocycles. The molecule has 1 saturated heterocycles. The second-order valence-corrected chi connectivity index (χ2v) is 11.5. The maximum Gasteiger partial charge on any atom is 0.264 e. The van der Waals surface area contributed by atoms with Gasteiger partial charge in [0.15, 0.2) is 0 Å². The van der Waals surface area contributed by atoms with Crippen LogP contribution in [0.2, 0.25) is 0 Å². The van der Waals surface area contributed by atoms with Crippen LogP contribution in [0, 0.1) is 12.8 Å². The summed E-state index contributed by atoms with van der Waals surface area (Å²) in [5.74, 6) is 0.904. The van der Waals surface area contributed by atoms with Crippen molar-refractivity contribution in [1.29, 1.82) is 0 Å². The molecule has 0 radical (unpaired) electrons. The number of aryl methyl sites for hydroxylation is 1. The van der Waals surface area contributed by atoms with Gasteiger partial charge in [0.2, 0.25) is 5.91 Å². The normalized spacial score (nSPS) is 15.8. The third-order valence-corrected chi connectivity index (χ3v) is 8.49. The molecule has 0 bridgehead atoms. The second-order valence-electron chi connectivity index (χ2n) is 9.66. The molecule has 4 rings (SSSR count). The molecule has 8 heteroatoms. The predicted molar refractivity (Wildman–Crippen MR) is 148 cm³/mol. The number of hydrogen-bond acceptors (Lipinski definition) is 5. The molecule has 0 spiro atoms. The van der Waals surface area contributed by atoms with Gasteiger partial charge in [0.1, 0.15) is 12.3 Å². The molecular weight excluding hydrogens is 486 g/mol. The predicted octanol–water partition coefficient (Wildman–Crippen LogP) is 4.75.